The van der Waals surface area contributed by atoms with E-state index in [4.69, 9.17) is 4.74 Å². The third kappa shape index (κ3) is 24.1. The molecular formula is C30H60O2. The van der Waals surface area contributed by atoms with E-state index >= 15 is 0 Å². The first kappa shape index (κ1) is 31.5. The van der Waals surface area contributed by atoms with E-state index in [0.29, 0.717) is 24.4 Å². The Labute approximate surface area is 203 Å². The second-order valence-electron chi connectivity index (χ2n) is 11.5. The Morgan fingerprint density at radius 3 is 1.56 bits per heavy atom. The van der Waals surface area contributed by atoms with Crippen LogP contribution in [0.3, 0.4) is 0 Å². The highest BCUT2D eigenvalue weighted by atomic mass is 16.5. The number of hydrogen-bond acceptors (Lipinski definition) is 2. The van der Waals surface area contributed by atoms with Crippen molar-refractivity contribution < 1.29 is 9.53 Å². The zero-order valence-corrected chi connectivity index (χ0v) is 23.0. The number of unbranched alkanes of at least 4 members (excludes halogenated alkanes) is 14. The lowest BCUT2D eigenvalue weighted by atomic mass is 9.89. The molecule has 0 aliphatic carbocycles. The maximum Gasteiger partial charge on any atom is 0.305 e. The molecule has 2 heteroatoms. The summed E-state index contributed by atoms with van der Waals surface area (Å²) in [4.78, 5) is 12.2. The standard InChI is InChI=1S/C30H60O2/c1-6-8-10-12-15-19-23-28(24-20-16-13-11-9-7-2)27-32-29(31)25-21-17-14-18-22-26-30(3,4)5/h28H,6-27H2,1-5H3. The molecule has 0 radical (unpaired) electrons. The van der Waals surface area contributed by atoms with Crippen LogP contribution in [0, 0.1) is 11.3 Å². The van der Waals surface area contributed by atoms with Gasteiger partial charge in [-0.05, 0) is 37.0 Å². The maximum absolute atomic E-state index is 12.2. The molecule has 0 aliphatic rings. The second kappa shape index (κ2) is 22.3. The third-order valence-electron chi connectivity index (χ3n) is 6.72. The van der Waals surface area contributed by atoms with Gasteiger partial charge in [-0.15, -0.1) is 0 Å². The minimum atomic E-state index is 0.0376. The first-order valence-corrected chi connectivity index (χ1v) is 14.5. The summed E-state index contributed by atoms with van der Waals surface area (Å²) in [6.07, 6.45) is 26.6. The van der Waals surface area contributed by atoms with Gasteiger partial charge in [0.25, 0.3) is 0 Å². The van der Waals surface area contributed by atoms with Gasteiger partial charge in [0.1, 0.15) is 0 Å². The molecule has 2 nitrogen and oxygen atoms in total. The molecule has 0 aromatic rings. The molecule has 0 heterocycles. The van der Waals surface area contributed by atoms with Crippen LogP contribution in [-0.2, 0) is 9.53 Å². The van der Waals surface area contributed by atoms with Crippen molar-refractivity contribution in [2.75, 3.05) is 6.61 Å². The lowest BCUT2D eigenvalue weighted by Crippen LogP contribution is -2.14. The maximum atomic E-state index is 12.2. The van der Waals surface area contributed by atoms with Crippen molar-refractivity contribution in [2.24, 2.45) is 11.3 Å². The fourth-order valence-electron chi connectivity index (χ4n) is 4.48. The lowest BCUT2D eigenvalue weighted by molar-refractivity contribution is -0.145. The van der Waals surface area contributed by atoms with Gasteiger partial charge in [-0.1, -0.05) is 137 Å². The predicted octanol–water partition coefficient (Wildman–Crippen LogP) is 10.4. The van der Waals surface area contributed by atoms with Crippen LogP contribution in [0.4, 0.5) is 0 Å². The molecule has 0 amide bonds. The van der Waals surface area contributed by atoms with Gasteiger partial charge in [0, 0.05) is 6.42 Å². The van der Waals surface area contributed by atoms with Gasteiger partial charge in [0.05, 0.1) is 6.61 Å². The van der Waals surface area contributed by atoms with Crippen LogP contribution < -0.4 is 0 Å². The first-order chi connectivity index (χ1) is 15.4. The van der Waals surface area contributed by atoms with E-state index in [-0.39, 0.29) is 5.97 Å². The lowest BCUT2D eigenvalue weighted by Gasteiger charge is -2.17. The summed E-state index contributed by atoms with van der Waals surface area (Å²) in [6.45, 7) is 12.2. The Morgan fingerprint density at radius 2 is 1.06 bits per heavy atom. The molecule has 0 saturated carbocycles. The van der Waals surface area contributed by atoms with E-state index in [1.54, 1.807) is 0 Å². The van der Waals surface area contributed by atoms with Crippen molar-refractivity contribution >= 4 is 5.97 Å². The highest BCUT2D eigenvalue weighted by Crippen LogP contribution is 2.23. The van der Waals surface area contributed by atoms with E-state index in [1.165, 1.54) is 116 Å². The van der Waals surface area contributed by atoms with Gasteiger partial charge in [0.15, 0.2) is 0 Å². The minimum Gasteiger partial charge on any atom is -0.465 e. The van der Waals surface area contributed by atoms with Crippen LogP contribution in [0.15, 0.2) is 0 Å². The van der Waals surface area contributed by atoms with Crippen molar-refractivity contribution in [3.63, 3.8) is 0 Å². The van der Waals surface area contributed by atoms with Crippen LogP contribution in [-0.4, -0.2) is 12.6 Å². The van der Waals surface area contributed by atoms with E-state index in [1.807, 2.05) is 0 Å². The van der Waals surface area contributed by atoms with Gasteiger partial charge in [-0.2, -0.15) is 0 Å². The fraction of sp³-hybridized carbons (Fsp3) is 0.967. The highest BCUT2D eigenvalue weighted by molar-refractivity contribution is 5.69. The van der Waals surface area contributed by atoms with Crippen molar-refractivity contribution in [2.45, 2.75) is 169 Å². The average Bonchev–Trinajstić information content (AvgIpc) is 2.74. The second-order valence-corrected chi connectivity index (χ2v) is 11.5. The van der Waals surface area contributed by atoms with Crippen LogP contribution >= 0.6 is 0 Å². The van der Waals surface area contributed by atoms with Crippen molar-refractivity contribution in [3.8, 4) is 0 Å². The van der Waals surface area contributed by atoms with Crippen LogP contribution in [0.1, 0.15) is 169 Å². The molecule has 0 aliphatic heterocycles. The Kier molecular flexibility index (Phi) is 21.9. The fourth-order valence-corrected chi connectivity index (χ4v) is 4.48. The number of carbonyl (C=O) groups excluding carboxylic acids is 1. The third-order valence-corrected chi connectivity index (χ3v) is 6.72. The Bertz CT molecular complexity index is 380. The first-order valence-electron chi connectivity index (χ1n) is 14.5. The predicted molar refractivity (Wildman–Crippen MR) is 142 cm³/mol. The molecule has 0 atom stereocenters. The number of esters is 1. The Balaban J connectivity index is 3.97. The van der Waals surface area contributed by atoms with Crippen LogP contribution in [0.5, 0.6) is 0 Å². The minimum absolute atomic E-state index is 0.0376. The zero-order valence-electron chi connectivity index (χ0n) is 23.0. The molecule has 0 N–H and O–H groups in total. The summed E-state index contributed by atoms with van der Waals surface area (Å²) in [6, 6.07) is 0. The van der Waals surface area contributed by atoms with Crippen molar-refractivity contribution in [1.29, 1.82) is 0 Å². The topological polar surface area (TPSA) is 26.3 Å². The summed E-state index contributed by atoms with van der Waals surface area (Å²) in [7, 11) is 0. The molecule has 0 fully saturated rings. The largest absolute Gasteiger partial charge is 0.465 e. The number of rotatable bonds is 23. The van der Waals surface area contributed by atoms with E-state index < -0.39 is 0 Å². The monoisotopic (exact) mass is 452 g/mol. The SMILES string of the molecule is CCCCCCCCC(CCCCCCCC)COC(=O)CCCCCCCC(C)(C)C. The molecule has 192 valence electrons. The van der Waals surface area contributed by atoms with Gasteiger partial charge in [-0.25, -0.2) is 0 Å². The molecule has 32 heavy (non-hydrogen) atoms. The number of hydrogen-bond donors (Lipinski definition) is 0. The van der Waals surface area contributed by atoms with Gasteiger partial charge in [-0.3, -0.25) is 4.79 Å². The molecule has 0 unspecified atom stereocenters. The van der Waals surface area contributed by atoms with Gasteiger partial charge in [0.2, 0.25) is 0 Å². The Morgan fingerprint density at radius 1 is 0.625 bits per heavy atom. The smallest absolute Gasteiger partial charge is 0.305 e. The Hall–Kier alpha value is -0.530. The summed E-state index contributed by atoms with van der Waals surface area (Å²) >= 11 is 0. The van der Waals surface area contributed by atoms with Crippen molar-refractivity contribution in [1.82, 2.24) is 0 Å². The van der Waals surface area contributed by atoms with Crippen LogP contribution in [0.25, 0.3) is 0 Å². The molecular weight excluding hydrogens is 392 g/mol. The van der Waals surface area contributed by atoms with Crippen molar-refractivity contribution in [3.05, 3.63) is 0 Å². The number of ether oxygens (including phenoxy) is 1. The summed E-state index contributed by atoms with van der Waals surface area (Å²) < 4.78 is 5.73. The molecule has 0 aromatic carbocycles. The van der Waals surface area contributed by atoms with Gasteiger partial charge < -0.3 is 4.74 Å². The zero-order chi connectivity index (χ0) is 23.9. The van der Waals surface area contributed by atoms with E-state index in [0.717, 1.165) is 12.8 Å². The average molecular weight is 453 g/mol. The van der Waals surface area contributed by atoms with E-state index in [9.17, 15) is 4.79 Å². The molecule has 0 bridgehead atoms. The summed E-state index contributed by atoms with van der Waals surface area (Å²) in [5.41, 5.74) is 0.450. The summed E-state index contributed by atoms with van der Waals surface area (Å²) in [5, 5.41) is 0. The normalized spacial score (nSPS) is 11.9. The van der Waals surface area contributed by atoms with Gasteiger partial charge >= 0.3 is 5.97 Å². The molecule has 0 spiro atoms. The molecule has 0 saturated heterocycles. The highest BCUT2D eigenvalue weighted by Gasteiger charge is 2.13. The quantitative estimate of drug-likeness (QED) is 0.114. The number of carbonyl (C=O) groups is 1. The molecule has 0 rings (SSSR count). The van der Waals surface area contributed by atoms with Crippen LogP contribution in [0.2, 0.25) is 0 Å². The van der Waals surface area contributed by atoms with E-state index in [2.05, 4.69) is 34.6 Å². The molecule has 0 aromatic heterocycles. The summed E-state index contributed by atoms with van der Waals surface area (Å²) in [5.74, 6) is 0.615.